The van der Waals surface area contributed by atoms with Crippen molar-refractivity contribution in [2.24, 2.45) is 5.92 Å². The Bertz CT molecular complexity index is 339. The number of nitrogens with one attached hydrogen (secondary N) is 1. The van der Waals surface area contributed by atoms with Gasteiger partial charge in [0, 0.05) is 12.6 Å². The van der Waals surface area contributed by atoms with Gasteiger partial charge in [0.15, 0.2) is 0 Å². The summed E-state index contributed by atoms with van der Waals surface area (Å²) < 4.78 is 0. The van der Waals surface area contributed by atoms with Crippen molar-refractivity contribution < 1.29 is 14.7 Å². The van der Waals surface area contributed by atoms with E-state index in [-0.39, 0.29) is 18.1 Å². The van der Waals surface area contributed by atoms with E-state index in [0.717, 1.165) is 6.42 Å². The monoisotopic (exact) mass is 254 g/mol. The fourth-order valence-corrected chi connectivity index (χ4v) is 2.07. The predicted molar refractivity (Wildman–Crippen MR) is 69.3 cm³/mol. The fourth-order valence-electron chi connectivity index (χ4n) is 2.07. The Morgan fingerprint density at radius 2 is 2.11 bits per heavy atom. The van der Waals surface area contributed by atoms with E-state index in [1.54, 1.807) is 17.1 Å². The number of carbonyl (C=O) groups excluding carboxylic acids is 1. The Labute approximate surface area is 108 Å². The highest BCUT2D eigenvalue weighted by Crippen LogP contribution is 2.18. The third kappa shape index (κ3) is 3.75. The van der Waals surface area contributed by atoms with E-state index in [0.29, 0.717) is 13.0 Å². The number of carboxylic acids is 1. The minimum absolute atomic E-state index is 0.118. The topological polar surface area (TPSA) is 69.6 Å². The maximum atomic E-state index is 12.0. The van der Waals surface area contributed by atoms with Crippen LogP contribution in [-0.4, -0.2) is 40.6 Å². The number of nitrogens with zero attached hydrogens (tertiary/aromatic N) is 1. The van der Waals surface area contributed by atoms with Crippen molar-refractivity contribution in [3.8, 4) is 0 Å². The second-order valence-corrected chi connectivity index (χ2v) is 4.91. The standard InChI is InChI=1S/C13H22N2O3/c1-4-7-15(9(2)3)13(18)14-11-6-5-10(8-11)12(16)17/h5-6,9-11H,4,7-8H2,1-3H3,(H,14,18)(H,16,17). The number of aliphatic carboxylic acids is 1. The smallest absolute Gasteiger partial charge is 0.318 e. The molecule has 2 amide bonds. The molecule has 1 aliphatic carbocycles. The van der Waals surface area contributed by atoms with Gasteiger partial charge in [-0.05, 0) is 26.7 Å². The molecule has 0 spiro atoms. The lowest BCUT2D eigenvalue weighted by molar-refractivity contribution is -0.140. The van der Waals surface area contributed by atoms with Crippen LogP contribution in [0.4, 0.5) is 4.79 Å². The van der Waals surface area contributed by atoms with Gasteiger partial charge in [0.1, 0.15) is 0 Å². The minimum Gasteiger partial charge on any atom is -0.481 e. The van der Waals surface area contributed by atoms with Crippen LogP contribution < -0.4 is 5.32 Å². The molecule has 0 fully saturated rings. The molecular formula is C13H22N2O3. The van der Waals surface area contributed by atoms with Gasteiger partial charge in [0.25, 0.3) is 0 Å². The van der Waals surface area contributed by atoms with Gasteiger partial charge in [-0.15, -0.1) is 0 Å². The summed E-state index contributed by atoms with van der Waals surface area (Å²) in [5.74, 6) is -1.31. The van der Waals surface area contributed by atoms with E-state index in [1.165, 1.54) is 0 Å². The zero-order chi connectivity index (χ0) is 13.7. The van der Waals surface area contributed by atoms with Gasteiger partial charge in [-0.1, -0.05) is 19.1 Å². The van der Waals surface area contributed by atoms with E-state index >= 15 is 0 Å². The van der Waals surface area contributed by atoms with Gasteiger partial charge >= 0.3 is 12.0 Å². The summed E-state index contributed by atoms with van der Waals surface area (Å²) in [7, 11) is 0. The van der Waals surface area contributed by atoms with Crippen LogP contribution in [0.1, 0.15) is 33.6 Å². The second kappa shape index (κ2) is 6.42. The molecule has 0 bridgehead atoms. The van der Waals surface area contributed by atoms with Crippen LogP contribution in [0, 0.1) is 5.92 Å². The summed E-state index contributed by atoms with van der Waals surface area (Å²) in [6, 6.07) is -0.144. The first kappa shape index (κ1) is 14.5. The third-order valence-electron chi connectivity index (χ3n) is 3.06. The highest BCUT2D eigenvalue weighted by Gasteiger charge is 2.27. The van der Waals surface area contributed by atoms with Crippen LogP contribution in [0.15, 0.2) is 12.2 Å². The van der Waals surface area contributed by atoms with Crippen molar-refractivity contribution in [1.29, 1.82) is 0 Å². The largest absolute Gasteiger partial charge is 0.481 e. The molecule has 0 aromatic rings. The Morgan fingerprint density at radius 1 is 1.44 bits per heavy atom. The van der Waals surface area contributed by atoms with Crippen molar-refractivity contribution in [2.45, 2.75) is 45.7 Å². The first-order valence-corrected chi connectivity index (χ1v) is 6.44. The van der Waals surface area contributed by atoms with Crippen molar-refractivity contribution in [3.63, 3.8) is 0 Å². The van der Waals surface area contributed by atoms with Gasteiger partial charge in [-0.2, -0.15) is 0 Å². The average Bonchev–Trinajstić information content (AvgIpc) is 2.73. The number of urea groups is 1. The molecule has 0 radical (unpaired) electrons. The highest BCUT2D eigenvalue weighted by molar-refractivity contribution is 5.76. The molecule has 2 N–H and O–H groups in total. The molecule has 0 heterocycles. The van der Waals surface area contributed by atoms with Crippen molar-refractivity contribution >= 4 is 12.0 Å². The van der Waals surface area contributed by atoms with Gasteiger partial charge in [-0.3, -0.25) is 4.79 Å². The lowest BCUT2D eigenvalue weighted by Gasteiger charge is -2.28. The SMILES string of the molecule is CCCN(C(=O)NC1C=CC(C(=O)O)C1)C(C)C. The fraction of sp³-hybridized carbons (Fsp3) is 0.692. The summed E-state index contributed by atoms with van der Waals surface area (Å²) in [5.41, 5.74) is 0. The Kier molecular flexibility index (Phi) is 5.19. The van der Waals surface area contributed by atoms with Crippen LogP contribution in [-0.2, 0) is 4.79 Å². The molecule has 2 unspecified atom stereocenters. The molecule has 102 valence electrons. The normalized spacial score (nSPS) is 22.2. The van der Waals surface area contributed by atoms with E-state index in [1.807, 2.05) is 20.8 Å². The molecule has 0 saturated heterocycles. The molecule has 1 aliphatic rings. The quantitative estimate of drug-likeness (QED) is 0.735. The van der Waals surface area contributed by atoms with E-state index in [4.69, 9.17) is 5.11 Å². The molecular weight excluding hydrogens is 232 g/mol. The summed E-state index contributed by atoms with van der Waals surface area (Å²) >= 11 is 0. The van der Waals surface area contributed by atoms with Crippen LogP contribution in [0.3, 0.4) is 0 Å². The molecule has 2 atom stereocenters. The van der Waals surface area contributed by atoms with Gasteiger partial charge < -0.3 is 15.3 Å². The first-order valence-electron chi connectivity index (χ1n) is 6.44. The lowest BCUT2D eigenvalue weighted by atomic mass is 10.1. The molecule has 0 aliphatic heterocycles. The second-order valence-electron chi connectivity index (χ2n) is 4.91. The molecule has 18 heavy (non-hydrogen) atoms. The van der Waals surface area contributed by atoms with E-state index in [2.05, 4.69) is 5.32 Å². The first-order chi connectivity index (χ1) is 8.45. The number of carbonyl (C=O) groups is 2. The van der Waals surface area contributed by atoms with Crippen LogP contribution in [0.2, 0.25) is 0 Å². The minimum atomic E-state index is -0.836. The zero-order valence-corrected chi connectivity index (χ0v) is 11.2. The molecule has 0 saturated carbocycles. The predicted octanol–water partition coefficient (Wildman–Crippen LogP) is 1.85. The zero-order valence-electron chi connectivity index (χ0n) is 11.2. The van der Waals surface area contributed by atoms with Gasteiger partial charge in [0.2, 0.25) is 0 Å². The van der Waals surface area contributed by atoms with Crippen molar-refractivity contribution in [1.82, 2.24) is 10.2 Å². The molecule has 1 rings (SSSR count). The van der Waals surface area contributed by atoms with Gasteiger partial charge in [-0.25, -0.2) is 4.79 Å². The number of hydrogen-bond acceptors (Lipinski definition) is 2. The van der Waals surface area contributed by atoms with Crippen molar-refractivity contribution in [2.75, 3.05) is 6.54 Å². The molecule has 0 aromatic heterocycles. The van der Waals surface area contributed by atoms with Gasteiger partial charge in [0.05, 0.1) is 12.0 Å². The summed E-state index contributed by atoms with van der Waals surface area (Å²) in [5, 5.41) is 11.7. The molecule has 0 aromatic carbocycles. The number of hydrogen-bond donors (Lipinski definition) is 2. The molecule has 5 nitrogen and oxygen atoms in total. The van der Waals surface area contributed by atoms with E-state index < -0.39 is 11.9 Å². The third-order valence-corrected chi connectivity index (χ3v) is 3.06. The number of amides is 2. The Morgan fingerprint density at radius 3 is 2.56 bits per heavy atom. The van der Waals surface area contributed by atoms with E-state index in [9.17, 15) is 9.59 Å². The maximum absolute atomic E-state index is 12.0. The summed E-state index contributed by atoms with van der Waals surface area (Å²) in [6.07, 6.45) is 4.76. The summed E-state index contributed by atoms with van der Waals surface area (Å²) in [4.78, 5) is 24.6. The summed E-state index contributed by atoms with van der Waals surface area (Å²) in [6.45, 7) is 6.68. The lowest BCUT2D eigenvalue weighted by Crippen LogP contribution is -2.47. The van der Waals surface area contributed by atoms with Crippen LogP contribution in [0.5, 0.6) is 0 Å². The maximum Gasteiger partial charge on any atom is 0.318 e. The van der Waals surface area contributed by atoms with Crippen LogP contribution in [0.25, 0.3) is 0 Å². The van der Waals surface area contributed by atoms with Crippen LogP contribution >= 0.6 is 0 Å². The Hall–Kier alpha value is -1.52. The average molecular weight is 254 g/mol. The number of carboxylic acid groups (broad SMARTS) is 1. The highest BCUT2D eigenvalue weighted by atomic mass is 16.4. The number of rotatable bonds is 5. The Balaban J connectivity index is 2.50. The molecule has 5 heteroatoms. The van der Waals surface area contributed by atoms with Crippen molar-refractivity contribution in [3.05, 3.63) is 12.2 Å².